The maximum Gasteiger partial charge on any atom is 0.338 e. The molecule has 8 heteroatoms. The molecular formula is C25H31F2O6-. The molecule has 0 spiro atoms. The van der Waals surface area contributed by atoms with Crippen LogP contribution < -0.4 is 5.11 Å². The van der Waals surface area contributed by atoms with Crippen LogP contribution in [0.1, 0.15) is 92.4 Å². The number of hydrogen-bond acceptors (Lipinski definition) is 6. The highest BCUT2D eigenvalue weighted by Gasteiger charge is 2.49. The number of aliphatic carboxylic acids is 1. The third-order valence-electron chi connectivity index (χ3n) is 7.10. The summed E-state index contributed by atoms with van der Waals surface area (Å²) in [5, 5.41) is 11.1. The van der Waals surface area contributed by atoms with E-state index in [9.17, 15) is 28.3 Å². The van der Waals surface area contributed by atoms with E-state index in [-0.39, 0.29) is 17.0 Å². The van der Waals surface area contributed by atoms with Gasteiger partial charge < -0.3 is 19.4 Å². The first kappa shape index (κ1) is 25.1. The van der Waals surface area contributed by atoms with Crippen LogP contribution in [0.15, 0.2) is 24.3 Å². The van der Waals surface area contributed by atoms with Crippen LogP contribution in [0.5, 0.6) is 0 Å². The topological polar surface area (TPSA) is 92.7 Å². The summed E-state index contributed by atoms with van der Waals surface area (Å²) in [6.45, 7) is 4.03. The van der Waals surface area contributed by atoms with Crippen molar-refractivity contribution in [2.45, 2.75) is 89.3 Å². The van der Waals surface area contributed by atoms with Crippen molar-refractivity contribution >= 4 is 17.9 Å². The minimum atomic E-state index is -4.30. The molecule has 0 radical (unpaired) electrons. The van der Waals surface area contributed by atoms with Gasteiger partial charge in [-0.3, -0.25) is 0 Å². The molecule has 182 valence electrons. The number of ether oxygens (including phenoxy) is 2. The zero-order valence-electron chi connectivity index (χ0n) is 19.1. The van der Waals surface area contributed by atoms with Gasteiger partial charge in [0, 0.05) is 5.92 Å². The van der Waals surface area contributed by atoms with Crippen molar-refractivity contribution < 1.29 is 37.7 Å². The van der Waals surface area contributed by atoms with Gasteiger partial charge in [-0.2, -0.15) is 8.78 Å². The predicted octanol–water partition coefficient (Wildman–Crippen LogP) is 4.30. The molecule has 2 saturated carbocycles. The highest BCUT2D eigenvalue weighted by molar-refractivity contribution is 5.93. The Morgan fingerprint density at radius 1 is 0.939 bits per heavy atom. The summed E-state index contributed by atoms with van der Waals surface area (Å²) < 4.78 is 39.5. The van der Waals surface area contributed by atoms with Crippen molar-refractivity contribution in [1.82, 2.24) is 0 Å². The standard InChI is InChI=1S/C25H32F2O6/c1-16(2)24(14-6-7-15-24)33-22(29)19-12-10-18(11-13-19)21(28)32-20(25(26,27)23(30)31)17-8-4-3-5-9-17/h10-13,16-17,20H,3-9,14-15H2,1-2H3,(H,30,31)/p-1. The Balaban J connectivity index is 1.71. The van der Waals surface area contributed by atoms with Gasteiger partial charge in [-0.05, 0) is 68.7 Å². The zero-order chi connectivity index (χ0) is 24.2. The second-order valence-corrected chi connectivity index (χ2v) is 9.53. The first-order valence-corrected chi connectivity index (χ1v) is 11.7. The first-order chi connectivity index (χ1) is 15.6. The molecule has 0 aromatic heterocycles. The van der Waals surface area contributed by atoms with Gasteiger partial charge in [0.2, 0.25) is 0 Å². The van der Waals surface area contributed by atoms with Gasteiger partial charge in [-0.1, -0.05) is 33.1 Å². The van der Waals surface area contributed by atoms with Gasteiger partial charge >= 0.3 is 17.9 Å². The van der Waals surface area contributed by atoms with Gasteiger partial charge in [0.1, 0.15) is 11.6 Å². The van der Waals surface area contributed by atoms with E-state index < -0.39 is 41.5 Å². The van der Waals surface area contributed by atoms with Gasteiger partial charge in [0.25, 0.3) is 0 Å². The monoisotopic (exact) mass is 465 g/mol. The lowest BCUT2D eigenvalue weighted by atomic mass is 9.83. The zero-order valence-corrected chi connectivity index (χ0v) is 19.1. The van der Waals surface area contributed by atoms with Crippen molar-refractivity contribution in [1.29, 1.82) is 0 Å². The molecule has 2 aliphatic carbocycles. The quantitative estimate of drug-likeness (QED) is 0.532. The molecule has 2 fully saturated rings. The largest absolute Gasteiger partial charge is 0.544 e. The number of carbonyl (C=O) groups excluding carboxylic acids is 3. The van der Waals surface area contributed by atoms with Crippen molar-refractivity contribution in [3.63, 3.8) is 0 Å². The molecule has 33 heavy (non-hydrogen) atoms. The summed E-state index contributed by atoms with van der Waals surface area (Å²) in [6.07, 6.45) is 4.38. The van der Waals surface area contributed by atoms with Gasteiger partial charge in [-0.25, -0.2) is 9.59 Å². The molecule has 0 N–H and O–H groups in total. The Morgan fingerprint density at radius 2 is 1.45 bits per heavy atom. The molecule has 1 aromatic carbocycles. The summed E-state index contributed by atoms with van der Waals surface area (Å²) in [5.41, 5.74) is -0.318. The SMILES string of the molecule is CC(C)C1(OC(=O)c2ccc(C(=O)OC(C3CCCCC3)C(F)(F)C(=O)[O-])cc2)CCCC1. The molecule has 0 amide bonds. The Kier molecular flexibility index (Phi) is 7.75. The van der Waals surface area contributed by atoms with E-state index >= 15 is 0 Å². The second kappa shape index (κ2) is 10.2. The van der Waals surface area contributed by atoms with E-state index in [4.69, 9.17) is 9.47 Å². The van der Waals surface area contributed by atoms with Crippen molar-refractivity contribution in [2.24, 2.45) is 11.8 Å². The third-order valence-corrected chi connectivity index (χ3v) is 7.10. The summed E-state index contributed by atoms with van der Waals surface area (Å²) >= 11 is 0. The number of carbonyl (C=O) groups is 3. The minimum Gasteiger partial charge on any atom is -0.544 e. The molecule has 1 aromatic rings. The molecule has 0 bridgehead atoms. The third kappa shape index (κ3) is 5.53. The van der Waals surface area contributed by atoms with E-state index in [0.717, 1.165) is 32.1 Å². The van der Waals surface area contributed by atoms with Crippen LogP contribution in [0.25, 0.3) is 0 Å². The smallest absolute Gasteiger partial charge is 0.338 e. The number of carboxylic acid groups (broad SMARTS) is 1. The van der Waals surface area contributed by atoms with E-state index in [1.807, 2.05) is 13.8 Å². The summed E-state index contributed by atoms with van der Waals surface area (Å²) in [4.78, 5) is 36.3. The fourth-order valence-electron chi connectivity index (χ4n) is 4.96. The number of hydrogen-bond donors (Lipinski definition) is 0. The number of rotatable bonds is 8. The van der Waals surface area contributed by atoms with Gasteiger partial charge in [0.15, 0.2) is 6.10 Å². The van der Waals surface area contributed by atoms with Crippen LogP contribution in [-0.4, -0.2) is 35.5 Å². The van der Waals surface area contributed by atoms with Crippen LogP contribution in [0.3, 0.4) is 0 Å². The van der Waals surface area contributed by atoms with Gasteiger partial charge in [0.05, 0.1) is 11.1 Å². The fourth-order valence-corrected chi connectivity index (χ4v) is 4.96. The van der Waals surface area contributed by atoms with Crippen LogP contribution in [0.4, 0.5) is 8.78 Å². The molecule has 6 nitrogen and oxygen atoms in total. The maximum absolute atomic E-state index is 14.3. The lowest BCUT2D eigenvalue weighted by molar-refractivity contribution is -0.337. The molecule has 0 heterocycles. The molecular weight excluding hydrogens is 434 g/mol. The molecule has 1 unspecified atom stereocenters. The van der Waals surface area contributed by atoms with Crippen LogP contribution in [0, 0.1) is 11.8 Å². The highest BCUT2D eigenvalue weighted by Crippen LogP contribution is 2.40. The number of esters is 2. The predicted molar refractivity (Wildman–Crippen MR) is 114 cm³/mol. The van der Waals surface area contributed by atoms with Crippen molar-refractivity contribution in [2.75, 3.05) is 0 Å². The Hall–Kier alpha value is -2.51. The fraction of sp³-hybridized carbons (Fsp3) is 0.640. The van der Waals surface area contributed by atoms with E-state index in [1.54, 1.807) is 0 Å². The summed E-state index contributed by atoms with van der Waals surface area (Å²) in [5.74, 6) is -9.03. The summed E-state index contributed by atoms with van der Waals surface area (Å²) in [7, 11) is 0. The maximum atomic E-state index is 14.3. The van der Waals surface area contributed by atoms with Crippen molar-refractivity contribution in [3.8, 4) is 0 Å². The minimum absolute atomic E-state index is 0.0547. The Labute approximate surface area is 192 Å². The normalized spacial score (nSPS) is 19.8. The number of alkyl halides is 2. The van der Waals surface area contributed by atoms with Gasteiger partial charge in [-0.15, -0.1) is 0 Å². The second-order valence-electron chi connectivity index (χ2n) is 9.53. The van der Waals surface area contributed by atoms with Crippen LogP contribution in [-0.2, 0) is 14.3 Å². The Bertz CT molecular complexity index is 852. The lowest BCUT2D eigenvalue weighted by Crippen LogP contribution is -2.54. The number of halogens is 2. The molecule has 1 atom stereocenters. The van der Waals surface area contributed by atoms with Crippen LogP contribution >= 0.6 is 0 Å². The molecule has 0 saturated heterocycles. The molecule has 3 rings (SSSR count). The first-order valence-electron chi connectivity index (χ1n) is 11.7. The highest BCUT2D eigenvalue weighted by atomic mass is 19.3. The number of carboxylic acids is 1. The van der Waals surface area contributed by atoms with Crippen LogP contribution in [0.2, 0.25) is 0 Å². The summed E-state index contributed by atoms with van der Waals surface area (Å²) in [6, 6.07) is 5.36. The molecule has 2 aliphatic rings. The number of benzene rings is 1. The average molecular weight is 466 g/mol. The molecule has 0 aliphatic heterocycles. The lowest BCUT2D eigenvalue weighted by Gasteiger charge is -2.35. The van der Waals surface area contributed by atoms with Crippen molar-refractivity contribution in [3.05, 3.63) is 35.4 Å². The Morgan fingerprint density at radius 3 is 1.94 bits per heavy atom. The van der Waals surface area contributed by atoms with E-state index in [2.05, 4.69) is 0 Å². The average Bonchev–Trinajstić information content (AvgIpc) is 3.27. The van der Waals surface area contributed by atoms with E-state index in [0.29, 0.717) is 25.7 Å². The van der Waals surface area contributed by atoms with E-state index in [1.165, 1.54) is 24.3 Å².